The average Bonchev–Trinajstić information content (AvgIpc) is 2.58. The summed E-state index contributed by atoms with van der Waals surface area (Å²) in [6.07, 6.45) is 1.90. The van der Waals surface area contributed by atoms with E-state index in [4.69, 9.17) is 9.47 Å². The molecule has 0 N–H and O–H groups in total. The summed E-state index contributed by atoms with van der Waals surface area (Å²) in [6, 6.07) is 5.55. The van der Waals surface area contributed by atoms with Crippen molar-refractivity contribution in [2.75, 3.05) is 67.6 Å². The van der Waals surface area contributed by atoms with Gasteiger partial charge in [0.1, 0.15) is 13.2 Å². The second-order valence-electron chi connectivity index (χ2n) is 6.94. The monoisotopic (exact) mass is 349 g/mol. The molecule has 1 heterocycles. The van der Waals surface area contributed by atoms with Crippen molar-refractivity contribution in [1.82, 2.24) is 14.7 Å². The number of hydrogen-bond acceptors (Lipinski definition) is 5. The number of nitrogens with zero attached hydrogens (tertiary/aromatic N) is 3. The Morgan fingerprint density at radius 2 is 1.52 bits per heavy atom. The van der Waals surface area contributed by atoms with Crippen LogP contribution in [0.15, 0.2) is 18.2 Å². The summed E-state index contributed by atoms with van der Waals surface area (Å²) in [5.41, 5.74) is 0.604. The SMILES string of the molecule is CN(C)CCCN(CCCN(C)C)C(=O)c1cccc2c1OCCO2. The molecule has 0 radical (unpaired) electrons. The molecule has 1 aliphatic rings. The highest BCUT2D eigenvalue weighted by atomic mass is 16.6. The van der Waals surface area contributed by atoms with Crippen molar-refractivity contribution >= 4 is 5.91 Å². The third kappa shape index (κ3) is 5.90. The van der Waals surface area contributed by atoms with Crippen LogP contribution in [0.5, 0.6) is 11.5 Å². The molecular formula is C19H31N3O3. The van der Waals surface area contributed by atoms with Gasteiger partial charge in [0.05, 0.1) is 5.56 Å². The molecule has 25 heavy (non-hydrogen) atoms. The van der Waals surface area contributed by atoms with Crippen molar-refractivity contribution in [2.24, 2.45) is 0 Å². The van der Waals surface area contributed by atoms with E-state index in [0.29, 0.717) is 30.3 Å². The minimum atomic E-state index is 0.0277. The lowest BCUT2D eigenvalue weighted by molar-refractivity contribution is 0.0734. The van der Waals surface area contributed by atoms with Crippen LogP contribution in [0.4, 0.5) is 0 Å². The van der Waals surface area contributed by atoms with Gasteiger partial charge in [-0.3, -0.25) is 4.79 Å². The normalized spacial score (nSPS) is 13.4. The van der Waals surface area contributed by atoms with Gasteiger partial charge in [-0.1, -0.05) is 6.07 Å². The van der Waals surface area contributed by atoms with E-state index in [-0.39, 0.29) is 5.91 Å². The Labute approximate surface area is 151 Å². The highest BCUT2D eigenvalue weighted by molar-refractivity contribution is 5.97. The van der Waals surface area contributed by atoms with Gasteiger partial charge in [0, 0.05) is 13.1 Å². The maximum absolute atomic E-state index is 13.1. The summed E-state index contributed by atoms with van der Waals surface area (Å²) >= 11 is 0. The van der Waals surface area contributed by atoms with Crippen LogP contribution in [-0.2, 0) is 0 Å². The van der Waals surface area contributed by atoms with Crippen LogP contribution in [-0.4, -0.2) is 88.2 Å². The highest BCUT2D eigenvalue weighted by Gasteiger charge is 2.24. The minimum Gasteiger partial charge on any atom is -0.486 e. The topological polar surface area (TPSA) is 45.2 Å². The Morgan fingerprint density at radius 1 is 0.920 bits per heavy atom. The van der Waals surface area contributed by atoms with Crippen molar-refractivity contribution in [2.45, 2.75) is 12.8 Å². The first-order chi connectivity index (χ1) is 12.0. The number of carbonyl (C=O) groups excluding carboxylic acids is 1. The van der Waals surface area contributed by atoms with E-state index in [1.165, 1.54) is 0 Å². The van der Waals surface area contributed by atoms with E-state index >= 15 is 0 Å². The quantitative estimate of drug-likeness (QED) is 0.680. The third-order valence-corrected chi connectivity index (χ3v) is 4.15. The number of amides is 1. The molecule has 1 amide bonds. The van der Waals surface area contributed by atoms with Crippen molar-refractivity contribution < 1.29 is 14.3 Å². The van der Waals surface area contributed by atoms with Gasteiger partial charge in [-0.15, -0.1) is 0 Å². The maximum atomic E-state index is 13.1. The van der Waals surface area contributed by atoms with Crippen molar-refractivity contribution in [1.29, 1.82) is 0 Å². The van der Waals surface area contributed by atoms with Crippen LogP contribution >= 0.6 is 0 Å². The second kappa shape index (κ2) is 9.63. The Kier molecular flexibility index (Phi) is 7.52. The fourth-order valence-electron chi connectivity index (χ4n) is 2.88. The van der Waals surface area contributed by atoms with Crippen molar-refractivity contribution in [3.63, 3.8) is 0 Å². The molecule has 1 aromatic rings. The predicted octanol–water partition coefficient (Wildman–Crippen LogP) is 1.80. The summed E-state index contributed by atoms with van der Waals surface area (Å²) in [5.74, 6) is 1.28. The first-order valence-corrected chi connectivity index (χ1v) is 8.96. The Bertz CT molecular complexity index is 547. The highest BCUT2D eigenvalue weighted by Crippen LogP contribution is 2.34. The fourth-order valence-corrected chi connectivity index (χ4v) is 2.88. The predicted molar refractivity (Wildman–Crippen MR) is 99.7 cm³/mol. The molecule has 0 aliphatic carbocycles. The second-order valence-corrected chi connectivity index (χ2v) is 6.94. The molecule has 0 spiro atoms. The molecule has 0 saturated carbocycles. The zero-order valence-electron chi connectivity index (χ0n) is 16.0. The van der Waals surface area contributed by atoms with Crippen molar-refractivity contribution in [3.8, 4) is 11.5 Å². The van der Waals surface area contributed by atoms with Gasteiger partial charge in [0.25, 0.3) is 5.91 Å². The Balaban J connectivity index is 2.10. The van der Waals surface area contributed by atoms with Gasteiger partial charge in [-0.2, -0.15) is 0 Å². The van der Waals surface area contributed by atoms with Crippen molar-refractivity contribution in [3.05, 3.63) is 23.8 Å². The Hall–Kier alpha value is -1.79. The van der Waals surface area contributed by atoms with Gasteiger partial charge in [0.15, 0.2) is 11.5 Å². The zero-order chi connectivity index (χ0) is 18.2. The molecule has 0 atom stereocenters. The Morgan fingerprint density at radius 3 is 2.12 bits per heavy atom. The molecule has 6 heteroatoms. The van der Waals surface area contributed by atoms with E-state index in [1.807, 2.05) is 23.1 Å². The average molecular weight is 349 g/mol. The molecular weight excluding hydrogens is 318 g/mol. The number of carbonyl (C=O) groups is 1. The number of ether oxygens (including phenoxy) is 2. The fraction of sp³-hybridized carbons (Fsp3) is 0.632. The van der Waals surface area contributed by atoms with E-state index in [9.17, 15) is 4.79 Å². The van der Waals surface area contributed by atoms with Gasteiger partial charge in [-0.25, -0.2) is 0 Å². The lowest BCUT2D eigenvalue weighted by Gasteiger charge is -2.27. The van der Waals surface area contributed by atoms with Gasteiger partial charge < -0.3 is 24.2 Å². The molecule has 6 nitrogen and oxygen atoms in total. The van der Waals surface area contributed by atoms with Crippen LogP contribution < -0.4 is 9.47 Å². The van der Waals surface area contributed by atoms with E-state index in [0.717, 1.165) is 39.0 Å². The lowest BCUT2D eigenvalue weighted by Crippen LogP contribution is -2.36. The van der Waals surface area contributed by atoms with Gasteiger partial charge in [-0.05, 0) is 66.3 Å². The summed E-state index contributed by atoms with van der Waals surface area (Å²) in [4.78, 5) is 19.4. The molecule has 0 unspecified atom stereocenters. The van der Waals surface area contributed by atoms with Crippen LogP contribution in [0.1, 0.15) is 23.2 Å². The molecule has 1 aliphatic heterocycles. The number of hydrogen-bond donors (Lipinski definition) is 0. The molecule has 0 fully saturated rings. The molecule has 0 saturated heterocycles. The summed E-state index contributed by atoms with van der Waals surface area (Å²) in [5, 5.41) is 0. The first kappa shape index (κ1) is 19.5. The molecule has 140 valence electrons. The largest absolute Gasteiger partial charge is 0.486 e. The van der Waals surface area contributed by atoms with E-state index in [1.54, 1.807) is 0 Å². The van der Waals surface area contributed by atoms with Gasteiger partial charge in [0.2, 0.25) is 0 Å². The zero-order valence-corrected chi connectivity index (χ0v) is 16.0. The molecule has 0 bridgehead atoms. The van der Waals surface area contributed by atoms with E-state index in [2.05, 4.69) is 38.0 Å². The maximum Gasteiger partial charge on any atom is 0.257 e. The van der Waals surface area contributed by atoms with Crippen LogP contribution in [0, 0.1) is 0 Å². The lowest BCUT2D eigenvalue weighted by atomic mass is 10.1. The number of benzene rings is 1. The minimum absolute atomic E-state index is 0.0277. The van der Waals surface area contributed by atoms with E-state index < -0.39 is 0 Å². The first-order valence-electron chi connectivity index (χ1n) is 8.96. The standard InChI is InChI=1S/C19H31N3O3/c1-20(2)10-6-12-22(13-7-11-21(3)4)19(23)16-8-5-9-17-18(16)25-15-14-24-17/h5,8-9H,6-7,10-15H2,1-4H3. The molecule has 0 aromatic heterocycles. The number of rotatable bonds is 9. The molecule has 2 rings (SSSR count). The van der Waals surface area contributed by atoms with Crippen LogP contribution in [0.3, 0.4) is 0 Å². The van der Waals surface area contributed by atoms with Gasteiger partial charge >= 0.3 is 0 Å². The summed E-state index contributed by atoms with van der Waals surface area (Å²) < 4.78 is 11.3. The smallest absolute Gasteiger partial charge is 0.257 e. The third-order valence-electron chi connectivity index (χ3n) is 4.15. The molecule has 1 aromatic carbocycles. The van der Waals surface area contributed by atoms with Crippen LogP contribution in [0.25, 0.3) is 0 Å². The number of fused-ring (bicyclic) bond motifs is 1. The number of para-hydroxylation sites is 1. The summed E-state index contributed by atoms with van der Waals surface area (Å²) in [7, 11) is 8.21. The summed E-state index contributed by atoms with van der Waals surface area (Å²) in [6.45, 7) is 4.43. The van der Waals surface area contributed by atoms with Crippen LogP contribution in [0.2, 0.25) is 0 Å².